The van der Waals surface area contributed by atoms with Crippen molar-refractivity contribution in [2.45, 2.75) is 33.6 Å². The molecular formula is C28H32N2O4. The van der Waals surface area contributed by atoms with Gasteiger partial charge in [-0.15, -0.1) is 0 Å². The van der Waals surface area contributed by atoms with Crippen molar-refractivity contribution in [2.75, 3.05) is 26.3 Å². The second-order valence-electron chi connectivity index (χ2n) is 8.50. The molecule has 0 radical (unpaired) electrons. The molecule has 3 aromatic rings. The van der Waals surface area contributed by atoms with Crippen LogP contribution in [0, 0.1) is 12.8 Å². The van der Waals surface area contributed by atoms with Crippen LogP contribution >= 0.6 is 0 Å². The van der Waals surface area contributed by atoms with Gasteiger partial charge in [0.2, 0.25) is 0 Å². The summed E-state index contributed by atoms with van der Waals surface area (Å²) in [6.45, 7) is 7.74. The lowest BCUT2D eigenvalue weighted by molar-refractivity contribution is -0.149. The predicted molar refractivity (Wildman–Crippen MR) is 132 cm³/mol. The Hall–Kier alpha value is -3.54. The fourth-order valence-corrected chi connectivity index (χ4v) is 4.62. The molecule has 1 amide bonds. The zero-order valence-corrected chi connectivity index (χ0v) is 20.1. The zero-order valence-electron chi connectivity index (χ0n) is 20.1. The standard InChI is InChI=1S/C28H32N2O4/c1-4-33-24-15-13-23(14-16-24)30-20(3)25(18-26(30)21-10-7-6-8-11-21)27(31)29-17-9-12-22(19-29)28(32)34-5-2/h6-8,10-11,13-16,18,22H,4-5,9,12,17,19H2,1-3H3. The number of nitrogens with zero attached hydrogens (tertiary/aromatic N) is 2. The van der Waals surface area contributed by atoms with Gasteiger partial charge in [-0.25, -0.2) is 0 Å². The zero-order chi connectivity index (χ0) is 24.1. The van der Waals surface area contributed by atoms with Crippen LogP contribution in [-0.2, 0) is 9.53 Å². The van der Waals surface area contributed by atoms with Crippen LogP contribution in [0.3, 0.4) is 0 Å². The first-order valence-electron chi connectivity index (χ1n) is 12.0. The predicted octanol–water partition coefficient (Wildman–Crippen LogP) is 5.27. The second kappa shape index (κ2) is 10.6. The van der Waals surface area contributed by atoms with E-state index in [9.17, 15) is 9.59 Å². The molecule has 1 atom stereocenters. The first kappa shape index (κ1) is 23.6. The summed E-state index contributed by atoms with van der Waals surface area (Å²) in [6.07, 6.45) is 1.55. The monoisotopic (exact) mass is 460 g/mol. The highest BCUT2D eigenvalue weighted by molar-refractivity contribution is 5.97. The van der Waals surface area contributed by atoms with E-state index in [0.29, 0.717) is 31.9 Å². The van der Waals surface area contributed by atoms with E-state index < -0.39 is 0 Å². The summed E-state index contributed by atoms with van der Waals surface area (Å²) in [4.78, 5) is 27.7. The van der Waals surface area contributed by atoms with E-state index in [1.54, 1.807) is 4.90 Å². The van der Waals surface area contributed by atoms with Crippen LogP contribution < -0.4 is 4.74 Å². The number of amides is 1. The van der Waals surface area contributed by atoms with Crippen LogP contribution in [0.1, 0.15) is 42.7 Å². The van der Waals surface area contributed by atoms with Crippen LogP contribution in [0.5, 0.6) is 5.75 Å². The summed E-state index contributed by atoms with van der Waals surface area (Å²) >= 11 is 0. The molecule has 1 saturated heterocycles. The number of carbonyl (C=O) groups excluding carboxylic acids is 2. The van der Waals surface area contributed by atoms with Crippen molar-refractivity contribution in [3.63, 3.8) is 0 Å². The number of carbonyl (C=O) groups is 2. The summed E-state index contributed by atoms with van der Waals surface area (Å²) in [5.41, 5.74) is 4.46. The molecule has 6 heteroatoms. The van der Waals surface area contributed by atoms with Gasteiger partial charge in [0.25, 0.3) is 5.91 Å². The summed E-state index contributed by atoms with van der Waals surface area (Å²) < 4.78 is 12.9. The Balaban J connectivity index is 1.71. The van der Waals surface area contributed by atoms with E-state index in [0.717, 1.165) is 41.2 Å². The Bertz CT molecular complexity index is 1140. The van der Waals surface area contributed by atoms with Crippen molar-refractivity contribution in [3.8, 4) is 22.7 Å². The summed E-state index contributed by atoms with van der Waals surface area (Å²) in [5, 5.41) is 0. The lowest BCUT2D eigenvalue weighted by Gasteiger charge is -2.31. The number of hydrogen-bond acceptors (Lipinski definition) is 4. The van der Waals surface area contributed by atoms with Gasteiger partial charge in [0.15, 0.2) is 0 Å². The quantitative estimate of drug-likeness (QED) is 0.451. The number of piperidine rings is 1. The molecule has 1 aliphatic heterocycles. The first-order valence-corrected chi connectivity index (χ1v) is 12.0. The number of hydrogen-bond donors (Lipinski definition) is 0. The molecule has 0 saturated carbocycles. The Morgan fingerprint density at radius 2 is 1.74 bits per heavy atom. The minimum Gasteiger partial charge on any atom is -0.494 e. The van der Waals surface area contributed by atoms with Crippen molar-refractivity contribution in [1.29, 1.82) is 0 Å². The van der Waals surface area contributed by atoms with Gasteiger partial charge >= 0.3 is 5.97 Å². The van der Waals surface area contributed by atoms with Gasteiger partial charge in [-0.2, -0.15) is 0 Å². The average molecular weight is 461 g/mol. The summed E-state index contributed by atoms with van der Waals surface area (Å²) in [6, 6.07) is 20.0. The average Bonchev–Trinajstić information content (AvgIpc) is 3.22. The van der Waals surface area contributed by atoms with E-state index >= 15 is 0 Å². The number of rotatable bonds is 7. The Labute approximate surface area is 201 Å². The molecule has 1 unspecified atom stereocenters. The number of benzene rings is 2. The Morgan fingerprint density at radius 1 is 1.00 bits per heavy atom. The molecule has 2 heterocycles. The summed E-state index contributed by atoms with van der Waals surface area (Å²) in [5.74, 6) is 0.286. The third-order valence-electron chi connectivity index (χ3n) is 6.28. The van der Waals surface area contributed by atoms with Crippen LogP contribution in [-0.4, -0.2) is 47.6 Å². The third kappa shape index (κ3) is 4.86. The van der Waals surface area contributed by atoms with E-state index in [4.69, 9.17) is 9.47 Å². The fourth-order valence-electron chi connectivity index (χ4n) is 4.62. The lowest BCUT2D eigenvalue weighted by Crippen LogP contribution is -2.43. The highest BCUT2D eigenvalue weighted by atomic mass is 16.5. The molecule has 0 spiro atoms. The molecule has 0 bridgehead atoms. The number of aromatic nitrogens is 1. The van der Waals surface area contributed by atoms with Gasteiger partial charge in [-0.05, 0) is 69.5 Å². The van der Waals surface area contributed by atoms with Crippen molar-refractivity contribution in [3.05, 3.63) is 71.9 Å². The van der Waals surface area contributed by atoms with Crippen LogP contribution in [0.4, 0.5) is 0 Å². The molecule has 1 aliphatic rings. The Morgan fingerprint density at radius 3 is 2.41 bits per heavy atom. The Kier molecular flexibility index (Phi) is 7.36. The van der Waals surface area contributed by atoms with Crippen molar-refractivity contribution in [2.24, 2.45) is 5.92 Å². The number of ether oxygens (including phenoxy) is 2. The molecule has 1 aromatic heterocycles. The smallest absolute Gasteiger partial charge is 0.310 e. The van der Waals surface area contributed by atoms with E-state index in [1.807, 2.05) is 81.4 Å². The van der Waals surface area contributed by atoms with Gasteiger partial charge in [-0.1, -0.05) is 30.3 Å². The van der Waals surface area contributed by atoms with Gasteiger partial charge in [-0.3, -0.25) is 9.59 Å². The molecule has 6 nitrogen and oxygen atoms in total. The molecule has 0 N–H and O–H groups in total. The summed E-state index contributed by atoms with van der Waals surface area (Å²) in [7, 11) is 0. The largest absolute Gasteiger partial charge is 0.494 e. The minimum atomic E-state index is -0.264. The van der Waals surface area contributed by atoms with Crippen molar-refractivity contribution < 1.29 is 19.1 Å². The van der Waals surface area contributed by atoms with Gasteiger partial charge in [0.05, 0.1) is 30.4 Å². The number of likely N-dealkylation sites (tertiary alicyclic amines) is 1. The highest BCUT2D eigenvalue weighted by Crippen LogP contribution is 2.32. The maximum atomic E-state index is 13.7. The normalized spacial score (nSPS) is 15.7. The molecule has 178 valence electrons. The minimum absolute atomic E-state index is 0.0478. The topological polar surface area (TPSA) is 60.8 Å². The van der Waals surface area contributed by atoms with Crippen LogP contribution in [0.25, 0.3) is 16.9 Å². The van der Waals surface area contributed by atoms with Crippen LogP contribution in [0.15, 0.2) is 60.7 Å². The van der Waals surface area contributed by atoms with Crippen molar-refractivity contribution >= 4 is 11.9 Å². The molecule has 0 aliphatic carbocycles. The molecule has 34 heavy (non-hydrogen) atoms. The van der Waals surface area contributed by atoms with E-state index in [-0.39, 0.29) is 17.8 Å². The van der Waals surface area contributed by atoms with Crippen LogP contribution in [0.2, 0.25) is 0 Å². The molecule has 2 aromatic carbocycles. The lowest BCUT2D eigenvalue weighted by atomic mass is 9.97. The van der Waals surface area contributed by atoms with Gasteiger partial charge < -0.3 is 18.9 Å². The molecular weight excluding hydrogens is 428 g/mol. The maximum absolute atomic E-state index is 13.7. The maximum Gasteiger partial charge on any atom is 0.310 e. The third-order valence-corrected chi connectivity index (χ3v) is 6.28. The fraction of sp³-hybridized carbons (Fsp3) is 0.357. The van der Waals surface area contributed by atoms with Gasteiger partial charge in [0, 0.05) is 24.5 Å². The SMILES string of the molecule is CCOC(=O)C1CCCN(C(=O)c2cc(-c3ccccc3)n(-c3ccc(OCC)cc3)c2C)C1. The molecule has 1 fully saturated rings. The second-order valence-corrected chi connectivity index (χ2v) is 8.50. The van der Waals surface area contributed by atoms with E-state index in [1.165, 1.54) is 0 Å². The first-order chi connectivity index (χ1) is 16.5. The van der Waals surface area contributed by atoms with Gasteiger partial charge in [0.1, 0.15) is 5.75 Å². The van der Waals surface area contributed by atoms with Crippen molar-refractivity contribution in [1.82, 2.24) is 9.47 Å². The molecule has 4 rings (SSSR count). The number of esters is 1. The highest BCUT2D eigenvalue weighted by Gasteiger charge is 2.31. The van der Waals surface area contributed by atoms with E-state index in [2.05, 4.69) is 4.57 Å².